The number of rotatable bonds is 4. The molecule has 8 nitrogen and oxygen atoms in total. The highest BCUT2D eigenvalue weighted by molar-refractivity contribution is 5.98. The van der Waals surface area contributed by atoms with Crippen molar-refractivity contribution in [3.63, 3.8) is 0 Å². The average molecular weight is 278 g/mol. The number of nitrogens with zero attached hydrogens (tertiary/aromatic N) is 2. The molecule has 1 aromatic rings. The van der Waals surface area contributed by atoms with E-state index in [9.17, 15) is 25.1 Å². The Kier molecular flexibility index (Phi) is 4.64. The molecule has 20 heavy (non-hydrogen) atoms. The maximum atomic E-state index is 11.4. The Bertz CT molecular complexity index is 630. The molecule has 1 aromatic carbocycles. The van der Waals surface area contributed by atoms with Crippen LogP contribution in [0, 0.1) is 21.4 Å². The lowest BCUT2D eigenvalue weighted by Gasteiger charge is -2.02. The van der Waals surface area contributed by atoms with Gasteiger partial charge in [-0.3, -0.25) is 10.1 Å². The molecule has 0 saturated heterocycles. The summed E-state index contributed by atoms with van der Waals surface area (Å²) in [6.45, 7) is 1.63. The fourth-order valence-corrected chi connectivity index (χ4v) is 1.36. The number of esters is 1. The summed E-state index contributed by atoms with van der Waals surface area (Å²) in [5.74, 6) is -2.50. The minimum absolute atomic E-state index is 0.0107. The SMILES string of the molecule is CCOC(=O)/C(C#N)=C\c1cc(O)c(O)c([N+](=O)[O-])c1. The van der Waals surface area contributed by atoms with E-state index >= 15 is 0 Å². The molecule has 0 aliphatic rings. The predicted molar refractivity (Wildman–Crippen MR) is 66.6 cm³/mol. The Morgan fingerprint density at radius 3 is 2.70 bits per heavy atom. The van der Waals surface area contributed by atoms with Crippen LogP contribution < -0.4 is 0 Å². The van der Waals surface area contributed by atoms with Gasteiger partial charge in [0.25, 0.3) is 0 Å². The van der Waals surface area contributed by atoms with Crippen LogP contribution in [0.15, 0.2) is 17.7 Å². The Morgan fingerprint density at radius 1 is 1.55 bits per heavy atom. The third kappa shape index (κ3) is 3.23. The number of phenolic OH excluding ortho intramolecular Hbond substituents is 2. The van der Waals surface area contributed by atoms with Crippen molar-refractivity contribution < 1.29 is 24.7 Å². The molecule has 0 radical (unpaired) electrons. The summed E-state index contributed by atoms with van der Waals surface area (Å²) in [4.78, 5) is 21.2. The zero-order valence-electron chi connectivity index (χ0n) is 10.4. The van der Waals surface area contributed by atoms with Crippen molar-refractivity contribution in [1.29, 1.82) is 5.26 Å². The monoisotopic (exact) mass is 278 g/mol. The van der Waals surface area contributed by atoms with Gasteiger partial charge in [0.15, 0.2) is 5.75 Å². The van der Waals surface area contributed by atoms with Gasteiger partial charge in [0.1, 0.15) is 11.6 Å². The zero-order chi connectivity index (χ0) is 15.3. The van der Waals surface area contributed by atoms with E-state index in [4.69, 9.17) is 5.26 Å². The molecule has 2 N–H and O–H groups in total. The van der Waals surface area contributed by atoms with E-state index in [1.54, 1.807) is 13.0 Å². The first kappa shape index (κ1) is 15.0. The third-order valence-electron chi connectivity index (χ3n) is 2.22. The van der Waals surface area contributed by atoms with Gasteiger partial charge in [-0.05, 0) is 24.6 Å². The van der Waals surface area contributed by atoms with Crippen molar-refractivity contribution in [3.05, 3.63) is 33.4 Å². The second kappa shape index (κ2) is 6.19. The first-order valence-corrected chi connectivity index (χ1v) is 5.40. The molecule has 104 valence electrons. The van der Waals surface area contributed by atoms with Crippen LogP contribution >= 0.6 is 0 Å². The van der Waals surface area contributed by atoms with Gasteiger partial charge >= 0.3 is 11.7 Å². The number of nitro groups is 1. The van der Waals surface area contributed by atoms with Gasteiger partial charge in [0, 0.05) is 6.07 Å². The van der Waals surface area contributed by atoms with Crippen molar-refractivity contribution in [2.24, 2.45) is 0 Å². The Morgan fingerprint density at radius 2 is 2.20 bits per heavy atom. The molecule has 0 aromatic heterocycles. The zero-order valence-corrected chi connectivity index (χ0v) is 10.4. The molecule has 0 atom stereocenters. The Hall–Kier alpha value is -3.08. The second-order valence-corrected chi connectivity index (χ2v) is 3.56. The van der Waals surface area contributed by atoms with Gasteiger partial charge in [0.05, 0.1) is 11.5 Å². The molecular formula is C12H10N2O6. The highest BCUT2D eigenvalue weighted by Gasteiger charge is 2.19. The molecule has 0 heterocycles. The summed E-state index contributed by atoms with van der Waals surface area (Å²) in [7, 11) is 0. The average Bonchev–Trinajstić information content (AvgIpc) is 2.39. The summed E-state index contributed by atoms with van der Waals surface area (Å²) >= 11 is 0. The van der Waals surface area contributed by atoms with E-state index in [2.05, 4.69) is 4.74 Å². The van der Waals surface area contributed by atoms with Crippen LogP contribution in [0.25, 0.3) is 6.08 Å². The maximum absolute atomic E-state index is 11.4. The lowest BCUT2D eigenvalue weighted by molar-refractivity contribution is -0.386. The second-order valence-electron chi connectivity index (χ2n) is 3.56. The van der Waals surface area contributed by atoms with E-state index < -0.39 is 28.1 Å². The van der Waals surface area contributed by atoms with Gasteiger partial charge in [-0.2, -0.15) is 5.26 Å². The standard InChI is InChI=1S/C12H10N2O6/c1-2-20-12(17)8(6-13)3-7-4-9(14(18)19)11(16)10(15)5-7/h3-5,15-16H,2H2,1H3/b8-3-. The smallest absolute Gasteiger partial charge is 0.348 e. The molecule has 0 saturated carbocycles. The van der Waals surface area contributed by atoms with Crippen molar-refractivity contribution in [1.82, 2.24) is 0 Å². The summed E-state index contributed by atoms with van der Waals surface area (Å²) in [6, 6.07) is 3.50. The molecule has 1 rings (SSSR count). The fourth-order valence-electron chi connectivity index (χ4n) is 1.36. The van der Waals surface area contributed by atoms with Crippen LogP contribution in [0.5, 0.6) is 11.5 Å². The number of ether oxygens (including phenoxy) is 1. The lowest BCUT2D eigenvalue weighted by atomic mass is 10.1. The number of hydrogen-bond acceptors (Lipinski definition) is 7. The first-order valence-electron chi connectivity index (χ1n) is 5.40. The van der Waals surface area contributed by atoms with Crippen LogP contribution in [0.1, 0.15) is 12.5 Å². The molecule has 0 aliphatic carbocycles. The van der Waals surface area contributed by atoms with Crippen molar-refractivity contribution >= 4 is 17.7 Å². The van der Waals surface area contributed by atoms with Crippen molar-refractivity contribution in [3.8, 4) is 17.6 Å². The van der Waals surface area contributed by atoms with Gasteiger partial charge in [-0.15, -0.1) is 0 Å². The van der Waals surface area contributed by atoms with E-state index in [0.717, 1.165) is 18.2 Å². The van der Waals surface area contributed by atoms with Gasteiger partial charge in [-0.25, -0.2) is 4.79 Å². The normalized spacial score (nSPS) is 10.7. The maximum Gasteiger partial charge on any atom is 0.348 e. The number of hydrogen-bond donors (Lipinski definition) is 2. The summed E-state index contributed by atoms with van der Waals surface area (Å²) in [6.07, 6.45) is 1.02. The minimum atomic E-state index is -0.900. The largest absolute Gasteiger partial charge is 0.504 e. The molecule has 0 aliphatic heterocycles. The number of nitro benzene ring substituents is 1. The van der Waals surface area contributed by atoms with Gasteiger partial charge in [-0.1, -0.05) is 0 Å². The number of carbonyl (C=O) groups is 1. The molecule has 8 heteroatoms. The first-order chi connectivity index (χ1) is 9.40. The highest BCUT2D eigenvalue weighted by Crippen LogP contribution is 2.36. The third-order valence-corrected chi connectivity index (χ3v) is 2.22. The highest BCUT2D eigenvalue weighted by atomic mass is 16.6. The Balaban J connectivity index is 3.30. The summed E-state index contributed by atoms with van der Waals surface area (Å²) < 4.78 is 4.62. The van der Waals surface area contributed by atoms with Crippen LogP contribution in [-0.4, -0.2) is 27.7 Å². The number of benzene rings is 1. The number of phenols is 2. The molecule has 0 unspecified atom stereocenters. The number of carbonyl (C=O) groups excluding carboxylic acids is 1. The number of aromatic hydroxyl groups is 2. The van der Waals surface area contributed by atoms with Crippen LogP contribution in [0.2, 0.25) is 0 Å². The molecule has 0 bridgehead atoms. The fraction of sp³-hybridized carbons (Fsp3) is 0.167. The van der Waals surface area contributed by atoms with E-state index in [-0.39, 0.29) is 17.7 Å². The predicted octanol–water partition coefficient (Wildman–Crippen LogP) is 1.48. The van der Waals surface area contributed by atoms with Gasteiger partial charge in [0.2, 0.25) is 5.75 Å². The molecule has 0 amide bonds. The topological polar surface area (TPSA) is 134 Å². The van der Waals surface area contributed by atoms with E-state index in [0.29, 0.717) is 0 Å². The lowest BCUT2D eigenvalue weighted by Crippen LogP contribution is -2.06. The van der Waals surface area contributed by atoms with Gasteiger partial charge < -0.3 is 14.9 Å². The number of nitriles is 1. The summed E-state index contributed by atoms with van der Waals surface area (Å²) in [5.41, 5.74) is -1.11. The van der Waals surface area contributed by atoms with Crippen molar-refractivity contribution in [2.45, 2.75) is 6.92 Å². The quantitative estimate of drug-likeness (QED) is 0.213. The minimum Gasteiger partial charge on any atom is -0.504 e. The molecular weight excluding hydrogens is 268 g/mol. The van der Waals surface area contributed by atoms with Crippen molar-refractivity contribution in [2.75, 3.05) is 6.61 Å². The van der Waals surface area contributed by atoms with Crippen LogP contribution in [0.3, 0.4) is 0 Å². The van der Waals surface area contributed by atoms with Crippen LogP contribution in [-0.2, 0) is 9.53 Å². The summed E-state index contributed by atoms with van der Waals surface area (Å²) in [5, 5.41) is 38.2. The Labute approximate surface area is 113 Å². The molecule has 0 fully saturated rings. The van der Waals surface area contributed by atoms with Crippen LogP contribution in [0.4, 0.5) is 5.69 Å². The van der Waals surface area contributed by atoms with E-state index in [1.807, 2.05) is 0 Å². The molecule has 0 spiro atoms. The van der Waals surface area contributed by atoms with E-state index in [1.165, 1.54) is 0 Å².